The summed E-state index contributed by atoms with van der Waals surface area (Å²) in [6.07, 6.45) is 2.47. The van der Waals surface area contributed by atoms with Crippen LogP contribution in [0.3, 0.4) is 0 Å². The summed E-state index contributed by atoms with van der Waals surface area (Å²) in [4.78, 5) is 2.61. The van der Waals surface area contributed by atoms with Crippen molar-refractivity contribution in [1.82, 2.24) is 10.2 Å². The molecule has 1 N–H and O–H groups in total. The number of methoxy groups -OCH3 is 1. The van der Waals surface area contributed by atoms with Crippen molar-refractivity contribution in [1.29, 1.82) is 0 Å². The molecule has 1 heterocycles. The van der Waals surface area contributed by atoms with Crippen LogP contribution < -0.4 is 5.32 Å². The lowest BCUT2D eigenvalue weighted by atomic mass is 9.98. The van der Waals surface area contributed by atoms with E-state index >= 15 is 0 Å². The lowest BCUT2D eigenvalue weighted by molar-refractivity contribution is 0.0355. The Kier molecular flexibility index (Phi) is 8.62. The Morgan fingerprint density at radius 2 is 2.05 bits per heavy atom. The van der Waals surface area contributed by atoms with Crippen molar-refractivity contribution in [2.24, 2.45) is 5.92 Å². The van der Waals surface area contributed by atoms with Gasteiger partial charge in [0.2, 0.25) is 0 Å². The van der Waals surface area contributed by atoms with Crippen molar-refractivity contribution >= 4 is 0 Å². The highest BCUT2D eigenvalue weighted by atomic mass is 16.5. The fraction of sp³-hybridized carbons (Fsp3) is 1.00. The smallest absolute Gasteiger partial charge is 0.0700 e. The fourth-order valence-corrected chi connectivity index (χ4v) is 2.68. The maximum Gasteiger partial charge on any atom is 0.0700 e. The zero-order chi connectivity index (χ0) is 14.1. The standard InChI is InChI=1S/C15H32N2O2/c1-5-14-12-17(6-7-19-9-8-18-4)15(11-16-14)10-13(2)3/h13-16H,5-12H2,1-4H3. The first-order valence-electron chi connectivity index (χ1n) is 7.71. The van der Waals surface area contributed by atoms with Crippen LogP contribution in [0.1, 0.15) is 33.6 Å². The van der Waals surface area contributed by atoms with Gasteiger partial charge in [0.15, 0.2) is 0 Å². The van der Waals surface area contributed by atoms with E-state index in [1.807, 2.05) is 0 Å². The summed E-state index contributed by atoms with van der Waals surface area (Å²) in [7, 11) is 1.71. The van der Waals surface area contributed by atoms with Gasteiger partial charge < -0.3 is 14.8 Å². The Labute approximate surface area is 118 Å². The van der Waals surface area contributed by atoms with Crippen molar-refractivity contribution in [2.75, 3.05) is 46.6 Å². The van der Waals surface area contributed by atoms with Gasteiger partial charge in [-0.3, -0.25) is 4.90 Å². The molecular formula is C15H32N2O2. The monoisotopic (exact) mass is 272 g/mol. The van der Waals surface area contributed by atoms with Gasteiger partial charge in [0.25, 0.3) is 0 Å². The molecule has 2 atom stereocenters. The minimum Gasteiger partial charge on any atom is -0.382 e. The van der Waals surface area contributed by atoms with Crippen LogP contribution in [0.2, 0.25) is 0 Å². The van der Waals surface area contributed by atoms with Gasteiger partial charge in [-0.25, -0.2) is 0 Å². The third kappa shape index (κ3) is 6.70. The molecule has 0 bridgehead atoms. The largest absolute Gasteiger partial charge is 0.382 e. The van der Waals surface area contributed by atoms with E-state index in [1.165, 1.54) is 12.8 Å². The van der Waals surface area contributed by atoms with Gasteiger partial charge in [-0.1, -0.05) is 20.8 Å². The van der Waals surface area contributed by atoms with Crippen LogP contribution in [0.4, 0.5) is 0 Å². The number of rotatable bonds is 9. The average molecular weight is 272 g/mol. The van der Waals surface area contributed by atoms with Crippen LogP contribution in [0, 0.1) is 5.92 Å². The third-order valence-electron chi connectivity index (χ3n) is 3.80. The highest BCUT2D eigenvalue weighted by molar-refractivity contribution is 4.86. The maximum absolute atomic E-state index is 5.61. The third-order valence-corrected chi connectivity index (χ3v) is 3.80. The zero-order valence-electron chi connectivity index (χ0n) is 13.2. The van der Waals surface area contributed by atoms with Crippen LogP contribution in [-0.4, -0.2) is 63.5 Å². The van der Waals surface area contributed by atoms with Crippen LogP contribution in [0.5, 0.6) is 0 Å². The molecule has 1 aliphatic heterocycles. The Morgan fingerprint density at radius 1 is 1.26 bits per heavy atom. The number of piperazine rings is 1. The number of ether oxygens (including phenoxy) is 2. The van der Waals surface area contributed by atoms with Gasteiger partial charge in [-0.15, -0.1) is 0 Å². The van der Waals surface area contributed by atoms with Gasteiger partial charge in [0.05, 0.1) is 19.8 Å². The molecule has 0 aromatic heterocycles. The molecule has 4 heteroatoms. The minimum atomic E-state index is 0.641. The number of hydrogen-bond donors (Lipinski definition) is 1. The molecule has 0 radical (unpaired) electrons. The Hall–Kier alpha value is -0.160. The second-order valence-electron chi connectivity index (χ2n) is 5.90. The fourth-order valence-electron chi connectivity index (χ4n) is 2.68. The molecule has 0 aromatic carbocycles. The molecule has 0 saturated carbocycles. The SMILES string of the molecule is CCC1CN(CCOCCOC)C(CC(C)C)CN1. The summed E-state index contributed by atoms with van der Waals surface area (Å²) < 4.78 is 10.6. The predicted octanol–water partition coefficient (Wildman–Crippen LogP) is 1.75. The topological polar surface area (TPSA) is 33.7 Å². The summed E-state index contributed by atoms with van der Waals surface area (Å²) in [5.74, 6) is 0.752. The van der Waals surface area contributed by atoms with E-state index in [2.05, 4.69) is 31.0 Å². The predicted molar refractivity (Wildman–Crippen MR) is 79.6 cm³/mol. The molecule has 4 nitrogen and oxygen atoms in total. The van der Waals surface area contributed by atoms with E-state index in [-0.39, 0.29) is 0 Å². The summed E-state index contributed by atoms with van der Waals surface area (Å²) in [6, 6.07) is 1.30. The first-order valence-corrected chi connectivity index (χ1v) is 7.71. The molecule has 0 aromatic rings. The maximum atomic E-state index is 5.61. The van der Waals surface area contributed by atoms with E-state index in [9.17, 15) is 0 Å². The minimum absolute atomic E-state index is 0.641. The van der Waals surface area contributed by atoms with Gasteiger partial charge in [0.1, 0.15) is 0 Å². The second-order valence-corrected chi connectivity index (χ2v) is 5.90. The first-order chi connectivity index (χ1) is 9.17. The van der Waals surface area contributed by atoms with Crippen LogP contribution >= 0.6 is 0 Å². The Bertz CT molecular complexity index is 224. The van der Waals surface area contributed by atoms with Crippen LogP contribution in [-0.2, 0) is 9.47 Å². The number of nitrogens with zero attached hydrogens (tertiary/aromatic N) is 1. The normalized spacial score (nSPS) is 25.1. The highest BCUT2D eigenvalue weighted by Crippen LogP contribution is 2.16. The van der Waals surface area contributed by atoms with Gasteiger partial charge in [-0.2, -0.15) is 0 Å². The first kappa shape index (κ1) is 16.9. The summed E-state index contributed by atoms with van der Waals surface area (Å²) >= 11 is 0. The van der Waals surface area contributed by atoms with Gasteiger partial charge >= 0.3 is 0 Å². The van der Waals surface area contributed by atoms with E-state index in [0.717, 1.165) is 32.2 Å². The zero-order valence-corrected chi connectivity index (χ0v) is 13.2. The molecule has 2 unspecified atom stereocenters. The lowest BCUT2D eigenvalue weighted by Crippen LogP contribution is -2.57. The summed E-state index contributed by atoms with van der Waals surface area (Å²) in [5, 5.41) is 3.66. The van der Waals surface area contributed by atoms with Crippen LogP contribution in [0.15, 0.2) is 0 Å². The highest BCUT2D eigenvalue weighted by Gasteiger charge is 2.26. The second kappa shape index (κ2) is 9.70. The molecule has 19 heavy (non-hydrogen) atoms. The number of nitrogens with one attached hydrogen (secondary N) is 1. The summed E-state index contributed by atoms with van der Waals surface area (Å²) in [6.45, 7) is 12.4. The molecule has 114 valence electrons. The molecule has 1 rings (SSSR count). The summed E-state index contributed by atoms with van der Waals surface area (Å²) in [5.41, 5.74) is 0. The molecule has 1 saturated heterocycles. The van der Waals surface area contributed by atoms with Crippen molar-refractivity contribution < 1.29 is 9.47 Å². The number of hydrogen-bond acceptors (Lipinski definition) is 4. The molecule has 0 spiro atoms. The molecule has 1 aliphatic rings. The van der Waals surface area contributed by atoms with Crippen molar-refractivity contribution in [3.8, 4) is 0 Å². The van der Waals surface area contributed by atoms with E-state index in [1.54, 1.807) is 7.11 Å². The lowest BCUT2D eigenvalue weighted by Gasteiger charge is -2.41. The Morgan fingerprint density at radius 3 is 2.68 bits per heavy atom. The Balaban J connectivity index is 2.33. The molecule has 0 aliphatic carbocycles. The molecular weight excluding hydrogens is 240 g/mol. The van der Waals surface area contributed by atoms with Crippen molar-refractivity contribution in [2.45, 2.75) is 45.7 Å². The van der Waals surface area contributed by atoms with E-state index < -0.39 is 0 Å². The van der Waals surface area contributed by atoms with E-state index in [4.69, 9.17) is 9.47 Å². The molecule has 1 fully saturated rings. The van der Waals surface area contributed by atoms with Crippen molar-refractivity contribution in [3.05, 3.63) is 0 Å². The molecule has 0 amide bonds. The average Bonchev–Trinajstić information content (AvgIpc) is 2.39. The van der Waals surface area contributed by atoms with Crippen molar-refractivity contribution in [3.63, 3.8) is 0 Å². The van der Waals surface area contributed by atoms with Gasteiger partial charge in [0, 0.05) is 38.8 Å². The quantitative estimate of drug-likeness (QED) is 0.648. The van der Waals surface area contributed by atoms with E-state index in [0.29, 0.717) is 25.3 Å². The van der Waals surface area contributed by atoms with Gasteiger partial charge in [-0.05, 0) is 18.8 Å². The van der Waals surface area contributed by atoms with Crippen LogP contribution in [0.25, 0.3) is 0 Å².